The van der Waals surface area contributed by atoms with Crippen LogP contribution in [0.5, 0.6) is 0 Å². The van der Waals surface area contributed by atoms with Crippen LogP contribution in [0, 0.1) is 0 Å². The first-order chi connectivity index (χ1) is 7.79. The number of hydrogen-bond donors (Lipinski definition) is 0. The van der Waals surface area contributed by atoms with Crippen molar-refractivity contribution in [1.82, 2.24) is 20.2 Å². The van der Waals surface area contributed by atoms with Gasteiger partial charge in [0.15, 0.2) is 5.82 Å². The van der Waals surface area contributed by atoms with Crippen LogP contribution < -0.4 is 0 Å². The van der Waals surface area contributed by atoms with Crippen molar-refractivity contribution in [2.75, 3.05) is 0 Å². The average molecular weight is 340 g/mol. The molecule has 98 valence electrons. The quantitative estimate of drug-likeness (QED) is 0.604. The number of tetrazole rings is 1. The van der Waals surface area contributed by atoms with Crippen molar-refractivity contribution in [2.24, 2.45) is 0 Å². The van der Waals surface area contributed by atoms with Gasteiger partial charge < -0.3 is 0 Å². The predicted molar refractivity (Wildman–Crippen MR) is 71.0 cm³/mol. The Morgan fingerprint density at radius 1 is 1.12 bits per heavy atom. The topological polar surface area (TPSA) is 43.6 Å². The van der Waals surface area contributed by atoms with Gasteiger partial charge in [0.2, 0.25) is 3.79 Å². The largest absolute Gasteiger partial charge is 0.276 e. The van der Waals surface area contributed by atoms with E-state index in [9.17, 15) is 0 Å². The molecule has 0 saturated heterocycles. The van der Waals surface area contributed by atoms with Crippen molar-refractivity contribution in [3.8, 4) is 0 Å². The summed E-state index contributed by atoms with van der Waals surface area (Å²) in [4.78, 5) is 0.907. The maximum atomic E-state index is 5.88. The second kappa shape index (κ2) is 6.11. The maximum Gasteiger partial charge on any atom is 0.276 e. The lowest BCUT2D eigenvalue weighted by atomic mass is 10.2. The molecule has 0 atom stereocenters. The Morgan fingerprint density at radius 3 is 2.29 bits per heavy atom. The minimum absolute atomic E-state index is 0.526. The summed E-state index contributed by atoms with van der Waals surface area (Å²) in [6.07, 6.45) is 3.86. The number of rotatable bonds is 5. The predicted octanol–water partition coefficient (Wildman–Crippen LogP) is 3.86. The number of alkyl halides is 5. The fraction of sp³-hybridized carbons (Fsp3) is 0.875. The summed E-state index contributed by atoms with van der Waals surface area (Å²) in [7, 11) is 0. The molecule has 0 aliphatic carbocycles. The molecule has 1 aromatic rings. The first-order valence-corrected chi connectivity index (χ1v) is 6.92. The molecule has 17 heavy (non-hydrogen) atoms. The van der Waals surface area contributed by atoms with E-state index < -0.39 is 8.25 Å². The molecule has 1 aromatic heterocycles. The molecular weight excluding hydrogens is 329 g/mol. The van der Waals surface area contributed by atoms with E-state index in [-0.39, 0.29) is 0 Å². The Morgan fingerprint density at radius 2 is 1.76 bits per heavy atom. The molecule has 0 unspecified atom stereocenters. The molecule has 0 aromatic carbocycles. The van der Waals surface area contributed by atoms with Crippen LogP contribution >= 0.6 is 58.0 Å². The van der Waals surface area contributed by atoms with Crippen molar-refractivity contribution in [1.29, 1.82) is 0 Å². The molecule has 0 aliphatic rings. The zero-order chi connectivity index (χ0) is 13.1. The Kier molecular flexibility index (Phi) is 5.60. The molecule has 0 fully saturated rings. The lowest BCUT2D eigenvalue weighted by Crippen LogP contribution is -2.36. The fourth-order valence-electron chi connectivity index (χ4n) is 1.11. The molecule has 9 heteroatoms. The lowest BCUT2D eigenvalue weighted by Gasteiger charge is -2.24. The van der Waals surface area contributed by atoms with Crippen LogP contribution in [-0.4, -0.2) is 24.0 Å². The molecule has 0 amide bonds. The van der Waals surface area contributed by atoms with Gasteiger partial charge in [-0.2, -0.15) is 0 Å². The highest BCUT2D eigenvalue weighted by atomic mass is 35.6. The highest BCUT2D eigenvalue weighted by Crippen LogP contribution is 2.48. The van der Waals surface area contributed by atoms with Crippen LogP contribution in [0.3, 0.4) is 0 Å². The van der Waals surface area contributed by atoms with E-state index in [1.165, 1.54) is 0 Å². The van der Waals surface area contributed by atoms with Crippen molar-refractivity contribution in [3.05, 3.63) is 5.82 Å². The Hall–Kier alpha value is 0.520. The summed E-state index contributed by atoms with van der Waals surface area (Å²) in [5.74, 6) is 0.526. The number of halogens is 5. The van der Waals surface area contributed by atoms with Gasteiger partial charge in [0.25, 0.3) is 4.46 Å². The van der Waals surface area contributed by atoms with Gasteiger partial charge >= 0.3 is 0 Å². The van der Waals surface area contributed by atoms with Gasteiger partial charge in [-0.1, -0.05) is 77.8 Å². The highest BCUT2D eigenvalue weighted by Gasteiger charge is 2.50. The van der Waals surface area contributed by atoms with Crippen LogP contribution in [0.15, 0.2) is 0 Å². The molecule has 0 aliphatic heterocycles. The van der Waals surface area contributed by atoms with Gasteiger partial charge in [-0.25, -0.2) is 0 Å². The van der Waals surface area contributed by atoms with Crippen LogP contribution in [0.1, 0.15) is 32.0 Å². The monoisotopic (exact) mass is 338 g/mol. The summed E-state index contributed by atoms with van der Waals surface area (Å²) >= 11 is 28.7. The third-order valence-electron chi connectivity index (χ3n) is 2.05. The molecule has 0 radical (unpaired) electrons. The number of aromatic nitrogens is 4. The molecule has 0 saturated carbocycles. The van der Waals surface area contributed by atoms with Crippen molar-refractivity contribution in [2.45, 2.75) is 40.9 Å². The first-order valence-electron chi connectivity index (χ1n) is 5.03. The van der Waals surface area contributed by atoms with Gasteiger partial charge in [0, 0.05) is 6.42 Å². The van der Waals surface area contributed by atoms with E-state index in [4.69, 9.17) is 58.0 Å². The zero-order valence-electron chi connectivity index (χ0n) is 9.01. The third-order valence-corrected chi connectivity index (χ3v) is 4.32. The van der Waals surface area contributed by atoms with Crippen LogP contribution in [0.4, 0.5) is 0 Å². The smallest absolute Gasteiger partial charge is 0.133 e. The second-order valence-corrected chi connectivity index (χ2v) is 7.06. The van der Waals surface area contributed by atoms with Gasteiger partial charge in [-0.05, 0) is 11.6 Å². The van der Waals surface area contributed by atoms with Crippen molar-refractivity contribution < 1.29 is 0 Å². The van der Waals surface area contributed by atoms with Gasteiger partial charge in [0.05, 0.1) is 0 Å². The van der Waals surface area contributed by atoms with Gasteiger partial charge in [0.1, 0.15) is 0 Å². The minimum atomic E-state index is -1.95. The van der Waals surface area contributed by atoms with Crippen LogP contribution in [-0.2, 0) is 10.9 Å². The second-order valence-electron chi connectivity index (χ2n) is 3.49. The van der Waals surface area contributed by atoms with Gasteiger partial charge in [-0.3, -0.25) is 0 Å². The van der Waals surface area contributed by atoms with Crippen molar-refractivity contribution in [3.63, 3.8) is 0 Å². The highest BCUT2D eigenvalue weighted by molar-refractivity contribution is 6.74. The SMILES string of the molecule is CCCCCc1nnn(C(Cl)(Cl)C(Cl)(Cl)Cl)n1. The summed E-state index contributed by atoms with van der Waals surface area (Å²) in [6, 6.07) is 0. The Balaban J connectivity index is 2.74. The van der Waals surface area contributed by atoms with Crippen LogP contribution in [0.25, 0.3) is 0 Å². The number of unbranched alkanes of at least 4 members (excludes halogenated alkanes) is 2. The van der Waals surface area contributed by atoms with E-state index >= 15 is 0 Å². The molecule has 1 heterocycles. The first kappa shape index (κ1) is 15.6. The normalized spacial score (nSPS) is 13.1. The average Bonchev–Trinajstić information content (AvgIpc) is 2.65. The van der Waals surface area contributed by atoms with E-state index in [0.29, 0.717) is 12.2 Å². The number of aryl methyl sites for hydroxylation is 1. The molecule has 1 rings (SSSR count). The standard InChI is InChI=1S/C8H11Cl5N4/c1-2-3-4-5-6-14-16-17(15-6)8(12,13)7(9,10)11/h2-5H2,1H3. The molecular formula is C8H11Cl5N4. The van der Waals surface area contributed by atoms with Crippen LogP contribution in [0.2, 0.25) is 0 Å². The Labute approximate surface area is 124 Å². The molecule has 0 spiro atoms. The van der Waals surface area contributed by atoms with Crippen molar-refractivity contribution >= 4 is 58.0 Å². The minimum Gasteiger partial charge on any atom is -0.133 e. The molecule has 0 bridgehead atoms. The summed E-state index contributed by atoms with van der Waals surface area (Å²) in [6.45, 7) is 2.11. The number of hydrogen-bond acceptors (Lipinski definition) is 3. The van der Waals surface area contributed by atoms with E-state index in [0.717, 1.165) is 24.1 Å². The molecule has 4 nitrogen and oxygen atoms in total. The molecule has 0 N–H and O–H groups in total. The maximum absolute atomic E-state index is 5.88. The zero-order valence-corrected chi connectivity index (χ0v) is 12.8. The summed E-state index contributed by atoms with van der Waals surface area (Å²) in [5.41, 5.74) is 0. The third kappa shape index (κ3) is 4.00. The Bertz CT molecular complexity index is 359. The fourth-order valence-corrected chi connectivity index (χ4v) is 1.48. The summed E-state index contributed by atoms with van der Waals surface area (Å²) < 4.78 is -3.83. The van der Waals surface area contributed by atoms with E-state index in [1.807, 2.05) is 0 Å². The van der Waals surface area contributed by atoms with E-state index in [1.54, 1.807) is 0 Å². The van der Waals surface area contributed by atoms with E-state index in [2.05, 4.69) is 22.3 Å². The lowest BCUT2D eigenvalue weighted by molar-refractivity contribution is 0.458. The number of nitrogens with zero attached hydrogens (tertiary/aromatic N) is 4. The summed E-state index contributed by atoms with van der Waals surface area (Å²) in [5, 5.41) is 11.5. The van der Waals surface area contributed by atoms with Gasteiger partial charge in [-0.15, -0.1) is 15.0 Å².